The highest BCUT2D eigenvalue weighted by Gasteiger charge is 2.10. The standard InChI is InChI=1S/C7H9FO/c1-5-2-3-6(8)4-7(5)9/h2-3,6,9H,4H2,1H3/t6-/m1/s1. The molecule has 9 heavy (non-hydrogen) atoms. The minimum Gasteiger partial charge on any atom is -0.512 e. The molecule has 2 heteroatoms. The first-order valence-corrected chi connectivity index (χ1v) is 2.91. The number of halogens is 1. The van der Waals surface area contributed by atoms with Crippen molar-refractivity contribution in [1.82, 2.24) is 0 Å². The molecule has 0 saturated carbocycles. The molecule has 1 aliphatic carbocycles. The van der Waals surface area contributed by atoms with Crippen molar-refractivity contribution in [2.24, 2.45) is 0 Å². The van der Waals surface area contributed by atoms with Gasteiger partial charge in [0.1, 0.15) is 6.17 Å². The zero-order valence-electron chi connectivity index (χ0n) is 5.26. The van der Waals surface area contributed by atoms with E-state index in [2.05, 4.69) is 0 Å². The summed E-state index contributed by atoms with van der Waals surface area (Å²) in [6, 6.07) is 0. The molecule has 0 aromatic heterocycles. The van der Waals surface area contributed by atoms with E-state index in [4.69, 9.17) is 5.11 Å². The maximum absolute atomic E-state index is 12.3. The van der Waals surface area contributed by atoms with E-state index in [-0.39, 0.29) is 12.2 Å². The summed E-state index contributed by atoms with van der Waals surface area (Å²) in [5.74, 6) is 0.171. The van der Waals surface area contributed by atoms with Crippen LogP contribution in [0.15, 0.2) is 23.5 Å². The summed E-state index contributed by atoms with van der Waals surface area (Å²) in [6.45, 7) is 1.76. The van der Waals surface area contributed by atoms with Crippen molar-refractivity contribution in [1.29, 1.82) is 0 Å². The molecule has 1 N–H and O–H groups in total. The van der Waals surface area contributed by atoms with E-state index in [9.17, 15) is 4.39 Å². The minimum absolute atomic E-state index is 0.141. The maximum atomic E-state index is 12.3. The highest BCUT2D eigenvalue weighted by Crippen LogP contribution is 2.17. The Kier molecular flexibility index (Phi) is 1.56. The molecule has 0 radical (unpaired) electrons. The third kappa shape index (κ3) is 1.31. The molecular formula is C7H9FO. The molecule has 0 unspecified atom stereocenters. The van der Waals surface area contributed by atoms with E-state index >= 15 is 0 Å². The Balaban J connectivity index is 2.75. The predicted octanol–water partition coefficient (Wildman–Crippen LogP) is 2.12. The van der Waals surface area contributed by atoms with Crippen LogP contribution in [0.5, 0.6) is 0 Å². The van der Waals surface area contributed by atoms with E-state index in [1.165, 1.54) is 6.08 Å². The number of allylic oxidation sites excluding steroid dienone is 4. The molecule has 1 aliphatic rings. The monoisotopic (exact) mass is 128 g/mol. The van der Waals surface area contributed by atoms with Crippen molar-refractivity contribution in [2.75, 3.05) is 0 Å². The summed E-state index contributed by atoms with van der Waals surface area (Å²) >= 11 is 0. The number of aliphatic hydroxyl groups is 1. The number of hydrogen-bond acceptors (Lipinski definition) is 1. The number of aliphatic hydroxyl groups excluding tert-OH is 1. The molecule has 0 heterocycles. The molecular weight excluding hydrogens is 119 g/mol. The lowest BCUT2D eigenvalue weighted by molar-refractivity contribution is 0.311. The van der Waals surface area contributed by atoms with Gasteiger partial charge in [-0.1, -0.05) is 6.08 Å². The minimum atomic E-state index is -0.992. The van der Waals surface area contributed by atoms with Crippen LogP contribution in [0, 0.1) is 0 Å². The van der Waals surface area contributed by atoms with Crippen LogP contribution in [0.25, 0.3) is 0 Å². The van der Waals surface area contributed by atoms with E-state index < -0.39 is 6.17 Å². The second kappa shape index (κ2) is 2.21. The number of hydrogen-bond donors (Lipinski definition) is 1. The summed E-state index contributed by atoms with van der Waals surface area (Å²) in [6.07, 6.45) is 2.20. The van der Waals surface area contributed by atoms with Gasteiger partial charge in [-0.3, -0.25) is 0 Å². The Hall–Kier alpha value is -0.790. The molecule has 0 saturated heterocycles. The van der Waals surface area contributed by atoms with Crippen molar-refractivity contribution in [3.05, 3.63) is 23.5 Å². The first-order chi connectivity index (χ1) is 4.20. The molecule has 1 atom stereocenters. The third-order valence-electron chi connectivity index (χ3n) is 1.40. The summed E-state index contributed by atoms with van der Waals surface area (Å²) in [7, 11) is 0. The van der Waals surface area contributed by atoms with E-state index in [0.29, 0.717) is 0 Å². The van der Waals surface area contributed by atoms with E-state index in [0.717, 1.165) is 5.57 Å². The van der Waals surface area contributed by atoms with Gasteiger partial charge in [-0.25, -0.2) is 4.39 Å². The van der Waals surface area contributed by atoms with Gasteiger partial charge in [0.15, 0.2) is 0 Å². The molecule has 1 rings (SSSR count). The number of alkyl halides is 1. The molecule has 0 amide bonds. The normalized spacial score (nSPS) is 27.1. The van der Waals surface area contributed by atoms with Crippen LogP contribution in [0.1, 0.15) is 13.3 Å². The van der Waals surface area contributed by atoms with Gasteiger partial charge >= 0.3 is 0 Å². The summed E-state index contributed by atoms with van der Waals surface area (Å²) in [5.41, 5.74) is 0.768. The van der Waals surface area contributed by atoms with Gasteiger partial charge in [0.25, 0.3) is 0 Å². The van der Waals surface area contributed by atoms with Crippen LogP contribution in [0.2, 0.25) is 0 Å². The first-order valence-electron chi connectivity index (χ1n) is 2.91. The van der Waals surface area contributed by atoms with E-state index in [1.54, 1.807) is 13.0 Å². The van der Waals surface area contributed by atoms with Crippen molar-refractivity contribution >= 4 is 0 Å². The van der Waals surface area contributed by atoms with Crippen LogP contribution in [0.4, 0.5) is 4.39 Å². The van der Waals surface area contributed by atoms with Crippen molar-refractivity contribution < 1.29 is 9.50 Å². The molecule has 0 aliphatic heterocycles. The SMILES string of the molecule is CC1=C(O)C[C@H](F)C=C1. The molecule has 1 nitrogen and oxygen atoms in total. The van der Waals surface area contributed by atoms with Crippen molar-refractivity contribution in [2.45, 2.75) is 19.5 Å². The van der Waals surface area contributed by atoms with Gasteiger partial charge in [-0.2, -0.15) is 0 Å². The quantitative estimate of drug-likeness (QED) is 0.529. The largest absolute Gasteiger partial charge is 0.512 e. The Bertz CT molecular complexity index is 170. The topological polar surface area (TPSA) is 20.2 Å². The van der Waals surface area contributed by atoms with Crippen LogP contribution in [0.3, 0.4) is 0 Å². The van der Waals surface area contributed by atoms with Gasteiger partial charge in [0.2, 0.25) is 0 Å². The zero-order valence-corrected chi connectivity index (χ0v) is 5.26. The van der Waals surface area contributed by atoms with Crippen LogP contribution in [-0.2, 0) is 0 Å². The lowest BCUT2D eigenvalue weighted by atomic mass is 10.1. The second-order valence-electron chi connectivity index (χ2n) is 2.21. The third-order valence-corrected chi connectivity index (χ3v) is 1.40. The average Bonchev–Trinajstić information content (AvgIpc) is 1.80. The maximum Gasteiger partial charge on any atom is 0.126 e. The van der Waals surface area contributed by atoms with Crippen LogP contribution >= 0.6 is 0 Å². The molecule has 0 aromatic rings. The average molecular weight is 128 g/mol. The fraction of sp³-hybridized carbons (Fsp3) is 0.429. The number of rotatable bonds is 0. The Morgan fingerprint density at radius 1 is 1.78 bits per heavy atom. The predicted molar refractivity (Wildman–Crippen MR) is 34.0 cm³/mol. The van der Waals surface area contributed by atoms with E-state index in [1.807, 2.05) is 0 Å². The fourth-order valence-electron chi connectivity index (χ4n) is 0.759. The summed E-state index contributed by atoms with van der Waals surface area (Å²) in [4.78, 5) is 0. The fourth-order valence-corrected chi connectivity index (χ4v) is 0.759. The molecule has 50 valence electrons. The van der Waals surface area contributed by atoms with Gasteiger partial charge in [-0.05, 0) is 18.6 Å². The smallest absolute Gasteiger partial charge is 0.126 e. The molecule has 0 bridgehead atoms. The molecule has 0 fully saturated rings. The Morgan fingerprint density at radius 3 is 2.89 bits per heavy atom. The van der Waals surface area contributed by atoms with Gasteiger partial charge in [0, 0.05) is 6.42 Å². The van der Waals surface area contributed by atoms with Gasteiger partial charge in [0.05, 0.1) is 5.76 Å². The first kappa shape index (κ1) is 6.33. The highest BCUT2D eigenvalue weighted by molar-refractivity contribution is 5.25. The highest BCUT2D eigenvalue weighted by atomic mass is 19.1. The summed E-state index contributed by atoms with van der Waals surface area (Å²) in [5, 5.41) is 8.94. The van der Waals surface area contributed by atoms with Gasteiger partial charge in [-0.15, -0.1) is 0 Å². The molecule has 0 aromatic carbocycles. The second-order valence-corrected chi connectivity index (χ2v) is 2.21. The molecule has 0 spiro atoms. The zero-order chi connectivity index (χ0) is 6.85. The lowest BCUT2D eigenvalue weighted by Gasteiger charge is -2.09. The van der Waals surface area contributed by atoms with Crippen molar-refractivity contribution in [3.63, 3.8) is 0 Å². The Labute approximate surface area is 53.5 Å². The lowest BCUT2D eigenvalue weighted by Crippen LogP contribution is -2.03. The van der Waals surface area contributed by atoms with Gasteiger partial charge < -0.3 is 5.11 Å². The van der Waals surface area contributed by atoms with Crippen LogP contribution < -0.4 is 0 Å². The summed E-state index contributed by atoms with van der Waals surface area (Å²) < 4.78 is 12.3. The van der Waals surface area contributed by atoms with Crippen molar-refractivity contribution in [3.8, 4) is 0 Å². The Morgan fingerprint density at radius 2 is 2.44 bits per heavy atom. The van der Waals surface area contributed by atoms with Crippen LogP contribution in [-0.4, -0.2) is 11.3 Å².